The summed E-state index contributed by atoms with van der Waals surface area (Å²) in [7, 11) is 0. The number of hydrogen-bond donors (Lipinski definition) is 1. The van der Waals surface area contributed by atoms with Crippen molar-refractivity contribution in [2.45, 2.75) is 32.4 Å². The summed E-state index contributed by atoms with van der Waals surface area (Å²) < 4.78 is 13.3. The Bertz CT molecular complexity index is 461. The molecule has 1 aliphatic heterocycles. The molecule has 2 rings (SSSR count). The zero-order chi connectivity index (χ0) is 13.7. The summed E-state index contributed by atoms with van der Waals surface area (Å²) in [6, 6.07) is 7.32. The maximum atomic E-state index is 13.3. The quantitative estimate of drug-likeness (QED) is 0.903. The second-order valence-electron chi connectivity index (χ2n) is 4.97. The highest BCUT2D eigenvalue weighted by atomic mass is 19.1. The van der Waals surface area contributed by atoms with Crippen LogP contribution in [0.4, 0.5) is 4.39 Å². The first-order valence-electron chi connectivity index (χ1n) is 6.88. The molecule has 1 N–H and O–H groups in total. The molecule has 19 heavy (non-hydrogen) atoms. The Morgan fingerprint density at radius 1 is 1.42 bits per heavy atom. The lowest BCUT2D eigenvalue weighted by Crippen LogP contribution is -2.42. The van der Waals surface area contributed by atoms with E-state index in [1.165, 1.54) is 6.07 Å². The Morgan fingerprint density at radius 2 is 2.16 bits per heavy atom. The number of piperidine rings is 1. The molecule has 1 saturated heterocycles. The molecule has 0 aliphatic carbocycles. The third kappa shape index (κ3) is 3.52. The van der Waals surface area contributed by atoms with Crippen LogP contribution >= 0.6 is 0 Å². The van der Waals surface area contributed by atoms with Crippen LogP contribution in [0.15, 0.2) is 18.2 Å². The van der Waals surface area contributed by atoms with Gasteiger partial charge in [0.05, 0.1) is 5.56 Å². The number of nitriles is 1. The van der Waals surface area contributed by atoms with Crippen molar-refractivity contribution in [1.29, 1.82) is 5.26 Å². The minimum atomic E-state index is -0.434. The van der Waals surface area contributed by atoms with Gasteiger partial charge in [0.15, 0.2) is 0 Å². The number of nitrogens with zero attached hydrogens (tertiary/aromatic N) is 2. The van der Waals surface area contributed by atoms with Gasteiger partial charge in [0, 0.05) is 12.6 Å². The summed E-state index contributed by atoms with van der Waals surface area (Å²) in [6.07, 6.45) is 2.31. The highest BCUT2D eigenvalue weighted by Crippen LogP contribution is 2.17. The molecule has 3 nitrogen and oxygen atoms in total. The molecular formula is C15H20FN3. The third-order valence-corrected chi connectivity index (χ3v) is 3.77. The average Bonchev–Trinajstić information content (AvgIpc) is 2.47. The maximum Gasteiger partial charge on any atom is 0.140 e. The number of nitrogens with one attached hydrogen (secondary N) is 1. The highest BCUT2D eigenvalue weighted by molar-refractivity contribution is 5.34. The summed E-state index contributed by atoms with van der Waals surface area (Å²) in [4.78, 5) is 2.41. The van der Waals surface area contributed by atoms with E-state index in [0.717, 1.165) is 44.6 Å². The van der Waals surface area contributed by atoms with E-state index in [1.807, 2.05) is 6.07 Å². The minimum absolute atomic E-state index is 0.138. The Balaban J connectivity index is 2.07. The largest absolute Gasteiger partial charge is 0.317 e. The topological polar surface area (TPSA) is 39.1 Å². The van der Waals surface area contributed by atoms with E-state index in [4.69, 9.17) is 5.26 Å². The molecule has 0 radical (unpaired) electrons. The molecule has 0 spiro atoms. The van der Waals surface area contributed by atoms with Crippen LogP contribution in [0.2, 0.25) is 0 Å². The van der Waals surface area contributed by atoms with Crippen LogP contribution in [0.1, 0.15) is 30.9 Å². The van der Waals surface area contributed by atoms with Crippen molar-refractivity contribution in [2.24, 2.45) is 0 Å². The molecule has 1 heterocycles. The number of hydrogen-bond acceptors (Lipinski definition) is 3. The van der Waals surface area contributed by atoms with Crippen molar-refractivity contribution in [3.8, 4) is 6.07 Å². The molecule has 0 unspecified atom stereocenters. The molecule has 1 aromatic rings. The van der Waals surface area contributed by atoms with E-state index in [9.17, 15) is 4.39 Å². The summed E-state index contributed by atoms with van der Waals surface area (Å²) in [5.41, 5.74) is 1.15. The van der Waals surface area contributed by atoms with Crippen LogP contribution < -0.4 is 5.32 Å². The Hall–Kier alpha value is -1.44. The van der Waals surface area contributed by atoms with Crippen molar-refractivity contribution in [2.75, 3.05) is 19.6 Å². The van der Waals surface area contributed by atoms with Gasteiger partial charge in [-0.1, -0.05) is 13.0 Å². The van der Waals surface area contributed by atoms with Crippen molar-refractivity contribution >= 4 is 0 Å². The van der Waals surface area contributed by atoms with Crippen molar-refractivity contribution in [3.05, 3.63) is 35.1 Å². The highest BCUT2D eigenvalue weighted by Gasteiger charge is 2.19. The van der Waals surface area contributed by atoms with E-state index < -0.39 is 5.82 Å². The maximum absolute atomic E-state index is 13.3. The Morgan fingerprint density at radius 3 is 2.79 bits per heavy atom. The fraction of sp³-hybridized carbons (Fsp3) is 0.533. The van der Waals surface area contributed by atoms with Gasteiger partial charge < -0.3 is 5.32 Å². The van der Waals surface area contributed by atoms with Crippen LogP contribution in [0.25, 0.3) is 0 Å². The van der Waals surface area contributed by atoms with Crippen LogP contribution in [-0.4, -0.2) is 30.6 Å². The monoisotopic (exact) mass is 261 g/mol. The molecule has 1 aromatic carbocycles. The second-order valence-corrected chi connectivity index (χ2v) is 4.97. The third-order valence-electron chi connectivity index (χ3n) is 3.77. The van der Waals surface area contributed by atoms with Crippen LogP contribution in [0.3, 0.4) is 0 Å². The zero-order valence-corrected chi connectivity index (χ0v) is 11.3. The van der Waals surface area contributed by atoms with E-state index in [1.54, 1.807) is 12.1 Å². The second kappa shape index (κ2) is 6.65. The SMILES string of the molecule is CCN(Cc1ccc(F)c(C#N)c1)C1CCNCC1. The Labute approximate surface area is 114 Å². The molecule has 1 aliphatic rings. The van der Waals surface area contributed by atoms with Gasteiger partial charge in [-0.3, -0.25) is 4.90 Å². The lowest BCUT2D eigenvalue weighted by Gasteiger charge is -2.34. The van der Waals surface area contributed by atoms with Crippen LogP contribution in [0, 0.1) is 17.1 Å². The predicted molar refractivity (Wildman–Crippen MR) is 73.1 cm³/mol. The summed E-state index contributed by atoms with van der Waals surface area (Å²) in [5, 5.41) is 12.2. The summed E-state index contributed by atoms with van der Waals surface area (Å²) in [5.74, 6) is -0.434. The number of halogens is 1. The minimum Gasteiger partial charge on any atom is -0.317 e. The van der Waals surface area contributed by atoms with Crippen molar-refractivity contribution < 1.29 is 4.39 Å². The lowest BCUT2D eigenvalue weighted by molar-refractivity contribution is 0.162. The van der Waals surface area contributed by atoms with Crippen LogP contribution in [0.5, 0.6) is 0 Å². The lowest BCUT2D eigenvalue weighted by atomic mass is 10.0. The van der Waals surface area contributed by atoms with Gasteiger partial charge in [-0.15, -0.1) is 0 Å². The molecule has 0 atom stereocenters. The number of rotatable bonds is 4. The van der Waals surface area contributed by atoms with Crippen molar-refractivity contribution in [3.63, 3.8) is 0 Å². The van der Waals surface area contributed by atoms with Crippen molar-refractivity contribution in [1.82, 2.24) is 10.2 Å². The van der Waals surface area contributed by atoms with Gasteiger partial charge in [-0.05, 0) is 50.2 Å². The van der Waals surface area contributed by atoms with Gasteiger partial charge in [0.2, 0.25) is 0 Å². The van der Waals surface area contributed by atoms with Gasteiger partial charge in [0.25, 0.3) is 0 Å². The molecule has 102 valence electrons. The standard InChI is InChI=1S/C15H20FN3/c1-2-19(14-5-7-18-8-6-14)11-12-3-4-15(16)13(9-12)10-17/h3-4,9,14,18H,2,5-8,11H2,1H3. The average molecular weight is 261 g/mol. The van der Waals surface area contributed by atoms with Gasteiger partial charge in [-0.2, -0.15) is 5.26 Å². The molecule has 1 fully saturated rings. The summed E-state index contributed by atoms with van der Waals surface area (Å²) in [6.45, 7) is 6.04. The smallest absolute Gasteiger partial charge is 0.140 e. The zero-order valence-electron chi connectivity index (χ0n) is 11.3. The van der Waals surface area contributed by atoms with E-state index in [-0.39, 0.29) is 5.56 Å². The van der Waals surface area contributed by atoms with Gasteiger partial charge >= 0.3 is 0 Å². The van der Waals surface area contributed by atoms with Crippen LogP contribution in [-0.2, 0) is 6.54 Å². The fourth-order valence-corrected chi connectivity index (χ4v) is 2.66. The van der Waals surface area contributed by atoms with E-state index in [0.29, 0.717) is 6.04 Å². The predicted octanol–water partition coefficient (Wildman–Crippen LogP) is 2.27. The first kappa shape index (κ1) is 14.0. The Kier molecular flexibility index (Phi) is 4.89. The molecule has 0 aromatic heterocycles. The number of benzene rings is 1. The summed E-state index contributed by atoms with van der Waals surface area (Å²) >= 11 is 0. The first-order chi connectivity index (χ1) is 9.24. The molecule has 0 bridgehead atoms. The molecule has 0 amide bonds. The normalized spacial score (nSPS) is 16.5. The molecular weight excluding hydrogens is 241 g/mol. The van der Waals surface area contributed by atoms with E-state index in [2.05, 4.69) is 17.1 Å². The molecule has 4 heteroatoms. The first-order valence-corrected chi connectivity index (χ1v) is 6.88. The van der Waals surface area contributed by atoms with E-state index >= 15 is 0 Å². The molecule has 0 saturated carbocycles. The fourth-order valence-electron chi connectivity index (χ4n) is 2.66. The van der Waals surface area contributed by atoms with Gasteiger partial charge in [0.1, 0.15) is 11.9 Å². The van der Waals surface area contributed by atoms with Gasteiger partial charge in [-0.25, -0.2) is 4.39 Å².